The van der Waals surface area contributed by atoms with E-state index in [1.807, 2.05) is 0 Å². The molecule has 25 heavy (non-hydrogen) atoms. The Labute approximate surface area is 147 Å². The van der Waals surface area contributed by atoms with Gasteiger partial charge in [-0.2, -0.15) is 0 Å². The SMILES string of the molecule is CCCO[C@H]1CCCN(C(=O)Nc2ccc3c(c2)N(C)C(=O)CO3)C1. The van der Waals surface area contributed by atoms with Gasteiger partial charge in [-0.25, -0.2) is 4.79 Å². The highest BCUT2D eigenvalue weighted by Crippen LogP contribution is 2.33. The van der Waals surface area contributed by atoms with E-state index in [1.54, 1.807) is 35.0 Å². The Balaban J connectivity index is 1.64. The molecule has 0 saturated carbocycles. The number of hydrogen-bond acceptors (Lipinski definition) is 4. The number of likely N-dealkylation sites (tertiary alicyclic amines) is 1. The van der Waals surface area contributed by atoms with E-state index in [0.717, 1.165) is 32.4 Å². The number of ether oxygens (including phenoxy) is 2. The summed E-state index contributed by atoms with van der Waals surface area (Å²) >= 11 is 0. The van der Waals surface area contributed by atoms with Crippen LogP contribution in [0.1, 0.15) is 26.2 Å². The van der Waals surface area contributed by atoms with E-state index in [9.17, 15) is 9.59 Å². The number of hydrogen-bond donors (Lipinski definition) is 1. The van der Waals surface area contributed by atoms with Crippen molar-refractivity contribution in [3.8, 4) is 5.75 Å². The van der Waals surface area contributed by atoms with Gasteiger partial charge in [0, 0.05) is 32.4 Å². The first-order chi connectivity index (χ1) is 12.1. The Morgan fingerprint density at radius 3 is 3.08 bits per heavy atom. The Bertz CT molecular complexity index is 649. The van der Waals surface area contributed by atoms with E-state index in [0.29, 0.717) is 23.7 Å². The van der Waals surface area contributed by atoms with Crippen LogP contribution in [0.5, 0.6) is 5.75 Å². The zero-order valence-corrected chi connectivity index (χ0v) is 14.8. The summed E-state index contributed by atoms with van der Waals surface area (Å²) in [5.41, 5.74) is 1.31. The number of urea groups is 1. The third-order valence-electron chi connectivity index (χ3n) is 4.52. The van der Waals surface area contributed by atoms with Gasteiger partial charge in [-0.15, -0.1) is 0 Å². The minimum Gasteiger partial charge on any atom is -0.482 e. The van der Waals surface area contributed by atoms with Gasteiger partial charge in [0.25, 0.3) is 5.91 Å². The molecule has 3 rings (SSSR count). The quantitative estimate of drug-likeness (QED) is 0.908. The highest BCUT2D eigenvalue weighted by Gasteiger charge is 2.25. The Morgan fingerprint density at radius 1 is 1.44 bits per heavy atom. The molecule has 1 fully saturated rings. The fourth-order valence-electron chi connectivity index (χ4n) is 3.10. The molecule has 2 heterocycles. The maximum Gasteiger partial charge on any atom is 0.321 e. The fourth-order valence-corrected chi connectivity index (χ4v) is 3.10. The molecule has 0 aliphatic carbocycles. The molecular formula is C18H25N3O4. The summed E-state index contributed by atoms with van der Waals surface area (Å²) in [6.45, 7) is 4.19. The van der Waals surface area contributed by atoms with Crippen LogP contribution < -0.4 is 15.0 Å². The van der Waals surface area contributed by atoms with Gasteiger partial charge in [0.2, 0.25) is 0 Å². The Morgan fingerprint density at radius 2 is 2.28 bits per heavy atom. The average molecular weight is 347 g/mol. The molecule has 0 spiro atoms. The molecular weight excluding hydrogens is 322 g/mol. The summed E-state index contributed by atoms with van der Waals surface area (Å²) < 4.78 is 11.2. The van der Waals surface area contributed by atoms with Crippen LogP contribution in [0.2, 0.25) is 0 Å². The number of nitrogens with one attached hydrogen (secondary N) is 1. The molecule has 2 aliphatic heterocycles. The van der Waals surface area contributed by atoms with E-state index in [4.69, 9.17) is 9.47 Å². The van der Waals surface area contributed by atoms with Crippen molar-refractivity contribution in [3.05, 3.63) is 18.2 Å². The average Bonchev–Trinajstić information content (AvgIpc) is 2.63. The molecule has 0 bridgehead atoms. The molecule has 1 N–H and O–H groups in total. The second-order valence-electron chi connectivity index (χ2n) is 6.44. The number of anilines is 2. The lowest BCUT2D eigenvalue weighted by Gasteiger charge is -2.33. The minimum absolute atomic E-state index is 0.0438. The highest BCUT2D eigenvalue weighted by molar-refractivity contribution is 5.99. The normalized spacial score (nSPS) is 20.1. The molecule has 1 aromatic carbocycles. The van der Waals surface area contributed by atoms with Crippen molar-refractivity contribution >= 4 is 23.3 Å². The van der Waals surface area contributed by atoms with E-state index >= 15 is 0 Å². The number of amides is 3. The van der Waals surface area contributed by atoms with Gasteiger partial charge in [-0.3, -0.25) is 4.79 Å². The standard InChI is InChI=1S/C18H25N3O4/c1-3-9-24-14-5-4-8-21(11-14)18(23)19-13-6-7-16-15(10-13)20(2)17(22)12-25-16/h6-7,10,14H,3-5,8-9,11-12H2,1-2H3,(H,19,23)/t14-/m0/s1. The number of nitrogens with zero attached hydrogens (tertiary/aromatic N) is 2. The second-order valence-corrected chi connectivity index (χ2v) is 6.44. The monoisotopic (exact) mass is 347 g/mol. The maximum atomic E-state index is 12.5. The number of carbonyl (C=O) groups excluding carboxylic acids is 2. The summed E-state index contributed by atoms with van der Waals surface area (Å²) in [6, 6.07) is 5.18. The van der Waals surface area contributed by atoms with Gasteiger partial charge in [0.1, 0.15) is 5.75 Å². The van der Waals surface area contributed by atoms with Crippen molar-refractivity contribution in [2.75, 3.05) is 43.6 Å². The molecule has 0 aromatic heterocycles. The summed E-state index contributed by atoms with van der Waals surface area (Å²) in [4.78, 5) is 27.6. The van der Waals surface area contributed by atoms with Gasteiger partial charge in [0.15, 0.2) is 6.61 Å². The second kappa shape index (κ2) is 7.74. The van der Waals surface area contributed by atoms with Crippen molar-refractivity contribution in [2.45, 2.75) is 32.3 Å². The molecule has 0 unspecified atom stereocenters. The summed E-state index contributed by atoms with van der Waals surface area (Å²) in [5.74, 6) is 0.536. The predicted molar refractivity (Wildman–Crippen MR) is 95.2 cm³/mol. The van der Waals surface area contributed by atoms with Crippen molar-refractivity contribution in [2.24, 2.45) is 0 Å². The van der Waals surface area contributed by atoms with Crippen molar-refractivity contribution < 1.29 is 19.1 Å². The zero-order valence-electron chi connectivity index (χ0n) is 14.8. The van der Waals surface area contributed by atoms with Gasteiger partial charge in [-0.1, -0.05) is 6.92 Å². The van der Waals surface area contributed by atoms with Gasteiger partial charge in [0.05, 0.1) is 11.8 Å². The van der Waals surface area contributed by atoms with Crippen LogP contribution in [-0.2, 0) is 9.53 Å². The number of piperidine rings is 1. The number of rotatable bonds is 4. The lowest BCUT2D eigenvalue weighted by molar-refractivity contribution is -0.120. The maximum absolute atomic E-state index is 12.5. The lowest BCUT2D eigenvalue weighted by atomic mass is 10.1. The molecule has 1 aromatic rings. The Hall–Kier alpha value is -2.28. The molecule has 7 nitrogen and oxygen atoms in total. The minimum atomic E-state index is -0.143. The highest BCUT2D eigenvalue weighted by atomic mass is 16.5. The van der Waals surface area contributed by atoms with Crippen LogP contribution in [0.25, 0.3) is 0 Å². The van der Waals surface area contributed by atoms with Crippen LogP contribution in [0, 0.1) is 0 Å². The molecule has 136 valence electrons. The first-order valence-electron chi connectivity index (χ1n) is 8.79. The molecule has 7 heteroatoms. The van der Waals surface area contributed by atoms with Crippen molar-refractivity contribution in [1.82, 2.24) is 4.90 Å². The number of likely N-dealkylation sites (N-methyl/N-ethyl adjacent to an activating group) is 1. The number of benzene rings is 1. The predicted octanol–water partition coefficient (Wildman–Crippen LogP) is 2.46. The lowest BCUT2D eigenvalue weighted by Crippen LogP contribution is -2.45. The summed E-state index contributed by atoms with van der Waals surface area (Å²) in [6.07, 6.45) is 3.02. The zero-order chi connectivity index (χ0) is 17.8. The largest absolute Gasteiger partial charge is 0.482 e. The van der Waals surface area contributed by atoms with E-state index < -0.39 is 0 Å². The third-order valence-corrected chi connectivity index (χ3v) is 4.52. The van der Waals surface area contributed by atoms with Crippen molar-refractivity contribution in [1.29, 1.82) is 0 Å². The number of fused-ring (bicyclic) bond motifs is 1. The number of carbonyl (C=O) groups is 2. The topological polar surface area (TPSA) is 71.1 Å². The van der Waals surface area contributed by atoms with Gasteiger partial charge < -0.3 is 24.6 Å². The van der Waals surface area contributed by atoms with E-state index in [2.05, 4.69) is 12.2 Å². The van der Waals surface area contributed by atoms with Gasteiger partial charge in [-0.05, 0) is 37.5 Å². The van der Waals surface area contributed by atoms with E-state index in [1.165, 1.54) is 0 Å². The van der Waals surface area contributed by atoms with Crippen LogP contribution in [-0.4, -0.2) is 56.3 Å². The van der Waals surface area contributed by atoms with Gasteiger partial charge >= 0.3 is 6.03 Å². The van der Waals surface area contributed by atoms with Crippen LogP contribution >= 0.6 is 0 Å². The molecule has 2 aliphatic rings. The van der Waals surface area contributed by atoms with Crippen LogP contribution in [0.15, 0.2) is 18.2 Å². The van der Waals surface area contributed by atoms with Crippen LogP contribution in [0.4, 0.5) is 16.2 Å². The van der Waals surface area contributed by atoms with Crippen LogP contribution in [0.3, 0.4) is 0 Å². The smallest absolute Gasteiger partial charge is 0.321 e. The first kappa shape index (κ1) is 17.5. The fraction of sp³-hybridized carbons (Fsp3) is 0.556. The molecule has 1 atom stereocenters. The summed E-state index contributed by atoms with van der Waals surface area (Å²) in [7, 11) is 1.70. The first-order valence-corrected chi connectivity index (χ1v) is 8.79. The third kappa shape index (κ3) is 4.04. The molecule has 3 amide bonds. The van der Waals surface area contributed by atoms with E-state index in [-0.39, 0.29) is 24.6 Å². The Kier molecular flexibility index (Phi) is 5.43. The molecule has 1 saturated heterocycles. The molecule has 0 radical (unpaired) electrons. The van der Waals surface area contributed by atoms with Crippen molar-refractivity contribution in [3.63, 3.8) is 0 Å². The summed E-state index contributed by atoms with van der Waals surface area (Å²) in [5, 5.41) is 2.91.